The average molecular weight is 357 g/mol. The number of hydrogen-bond acceptors (Lipinski definition) is 5. The molecule has 2 aromatic rings. The molecule has 1 aromatic heterocycles. The molecule has 3 rings (SSSR count). The van der Waals surface area contributed by atoms with Crippen molar-refractivity contribution in [1.29, 1.82) is 0 Å². The van der Waals surface area contributed by atoms with Gasteiger partial charge in [0.05, 0.1) is 13.0 Å². The molecular formula is C20H27N3O3. The van der Waals surface area contributed by atoms with Crippen LogP contribution in [-0.4, -0.2) is 28.8 Å². The number of nitrogens with one attached hydrogen (secondary N) is 1. The van der Waals surface area contributed by atoms with E-state index in [-0.39, 0.29) is 11.9 Å². The number of rotatable bonds is 7. The third-order valence-corrected chi connectivity index (χ3v) is 4.98. The van der Waals surface area contributed by atoms with Gasteiger partial charge in [0, 0.05) is 19.4 Å². The molecule has 1 N–H and O–H groups in total. The Balaban J connectivity index is 1.43. The predicted octanol–water partition coefficient (Wildman–Crippen LogP) is 3.16. The van der Waals surface area contributed by atoms with Crippen LogP contribution < -0.4 is 10.1 Å². The Morgan fingerprint density at radius 3 is 2.81 bits per heavy atom. The lowest BCUT2D eigenvalue weighted by atomic mass is 10.0. The molecule has 0 aliphatic heterocycles. The van der Waals surface area contributed by atoms with E-state index in [0.29, 0.717) is 30.7 Å². The number of nitrogens with zero attached hydrogens (tertiary/aromatic N) is 2. The van der Waals surface area contributed by atoms with Gasteiger partial charge in [0.25, 0.3) is 0 Å². The van der Waals surface area contributed by atoms with Gasteiger partial charge in [0.15, 0.2) is 0 Å². The quantitative estimate of drug-likeness (QED) is 0.824. The van der Waals surface area contributed by atoms with Gasteiger partial charge in [-0.2, -0.15) is 0 Å². The van der Waals surface area contributed by atoms with Crippen molar-refractivity contribution in [3.05, 3.63) is 41.1 Å². The highest BCUT2D eigenvalue weighted by molar-refractivity contribution is 5.73. The summed E-state index contributed by atoms with van der Waals surface area (Å²) in [5.74, 6) is 2.69. The minimum absolute atomic E-state index is 0.0412. The normalized spacial score (nSPS) is 19.5. The Labute approximate surface area is 154 Å². The molecule has 1 fully saturated rings. The molecule has 1 aromatic carbocycles. The predicted molar refractivity (Wildman–Crippen MR) is 98.1 cm³/mol. The number of amides is 1. The first kappa shape index (κ1) is 18.4. The Bertz CT molecular complexity index is 757. The van der Waals surface area contributed by atoms with Gasteiger partial charge in [-0.15, -0.1) is 10.2 Å². The van der Waals surface area contributed by atoms with Crippen molar-refractivity contribution in [2.24, 2.45) is 5.92 Å². The van der Waals surface area contributed by atoms with Gasteiger partial charge in [-0.05, 0) is 62.3 Å². The number of aryl methyl sites for hydroxylation is 2. The van der Waals surface area contributed by atoms with E-state index in [2.05, 4.69) is 35.4 Å². The van der Waals surface area contributed by atoms with Crippen LogP contribution in [0, 0.1) is 19.8 Å². The lowest BCUT2D eigenvalue weighted by molar-refractivity contribution is -0.119. The van der Waals surface area contributed by atoms with Crippen molar-refractivity contribution in [2.75, 3.05) is 6.61 Å². The van der Waals surface area contributed by atoms with Gasteiger partial charge in [-0.3, -0.25) is 4.79 Å². The number of benzene rings is 1. The van der Waals surface area contributed by atoms with Crippen molar-refractivity contribution in [2.45, 2.75) is 58.9 Å². The molecule has 1 aliphatic carbocycles. The van der Waals surface area contributed by atoms with E-state index in [9.17, 15) is 4.79 Å². The smallest absolute Gasteiger partial charge is 0.219 e. The number of ether oxygens (including phenoxy) is 1. The first-order valence-electron chi connectivity index (χ1n) is 9.28. The van der Waals surface area contributed by atoms with Crippen molar-refractivity contribution in [3.8, 4) is 5.75 Å². The van der Waals surface area contributed by atoms with Gasteiger partial charge >= 0.3 is 0 Å². The van der Waals surface area contributed by atoms with Crippen LogP contribution in [0.15, 0.2) is 22.6 Å². The Hall–Kier alpha value is -2.37. The van der Waals surface area contributed by atoms with E-state index in [1.165, 1.54) is 11.1 Å². The second-order valence-corrected chi connectivity index (χ2v) is 7.21. The SMILES string of the molecule is CC(=O)N[C@H]1CC[C@@H](Cc2nnc(CCOc3ccc(C)c(C)c3)o2)C1. The van der Waals surface area contributed by atoms with Crippen LogP contribution >= 0.6 is 0 Å². The van der Waals surface area contributed by atoms with Crippen LogP contribution in [0.1, 0.15) is 49.1 Å². The fourth-order valence-electron chi connectivity index (χ4n) is 3.46. The number of aromatic nitrogens is 2. The van der Waals surface area contributed by atoms with Crippen LogP contribution in [0.2, 0.25) is 0 Å². The average Bonchev–Trinajstić information content (AvgIpc) is 3.20. The van der Waals surface area contributed by atoms with E-state index in [1.807, 2.05) is 12.1 Å². The molecule has 2 atom stereocenters. The van der Waals surface area contributed by atoms with E-state index >= 15 is 0 Å². The highest BCUT2D eigenvalue weighted by Crippen LogP contribution is 2.28. The largest absolute Gasteiger partial charge is 0.493 e. The summed E-state index contributed by atoms with van der Waals surface area (Å²) >= 11 is 0. The molecule has 6 nitrogen and oxygen atoms in total. The molecule has 26 heavy (non-hydrogen) atoms. The van der Waals surface area contributed by atoms with Gasteiger partial charge in [0.1, 0.15) is 5.75 Å². The van der Waals surface area contributed by atoms with Gasteiger partial charge in [0.2, 0.25) is 17.7 Å². The fraction of sp³-hybridized carbons (Fsp3) is 0.550. The lowest BCUT2D eigenvalue weighted by Gasteiger charge is -2.10. The maximum atomic E-state index is 11.1. The van der Waals surface area contributed by atoms with Crippen LogP contribution in [0.3, 0.4) is 0 Å². The molecule has 0 unspecified atom stereocenters. The molecule has 140 valence electrons. The topological polar surface area (TPSA) is 77.2 Å². The highest BCUT2D eigenvalue weighted by Gasteiger charge is 2.26. The van der Waals surface area contributed by atoms with Crippen molar-refractivity contribution < 1.29 is 13.9 Å². The van der Waals surface area contributed by atoms with Gasteiger partial charge < -0.3 is 14.5 Å². The molecule has 6 heteroatoms. The van der Waals surface area contributed by atoms with Crippen LogP contribution in [0.5, 0.6) is 5.75 Å². The summed E-state index contributed by atoms with van der Waals surface area (Å²) in [6.45, 7) is 6.24. The second-order valence-electron chi connectivity index (χ2n) is 7.21. The van der Waals surface area contributed by atoms with Crippen molar-refractivity contribution in [3.63, 3.8) is 0 Å². The standard InChI is InChI=1S/C20H27N3O3/c1-13-4-7-18(10-14(13)2)25-9-8-19-22-23-20(26-19)12-16-5-6-17(11-16)21-15(3)24/h4,7,10,16-17H,5-6,8-9,11-12H2,1-3H3,(H,21,24)/t16-,17+/m1/s1. The molecular weight excluding hydrogens is 330 g/mol. The zero-order chi connectivity index (χ0) is 18.5. The number of carbonyl (C=O) groups excluding carboxylic acids is 1. The summed E-state index contributed by atoms with van der Waals surface area (Å²) < 4.78 is 11.5. The second kappa shape index (κ2) is 8.34. The summed E-state index contributed by atoms with van der Waals surface area (Å²) in [6.07, 6.45) is 4.46. The lowest BCUT2D eigenvalue weighted by Crippen LogP contribution is -2.30. The molecule has 1 aliphatic rings. The van der Waals surface area contributed by atoms with Gasteiger partial charge in [-0.25, -0.2) is 0 Å². The molecule has 1 heterocycles. The molecule has 1 saturated carbocycles. The molecule has 0 radical (unpaired) electrons. The number of carbonyl (C=O) groups is 1. The zero-order valence-electron chi connectivity index (χ0n) is 15.7. The van der Waals surface area contributed by atoms with Gasteiger partial charge in [-0.1, -0.05) is 6.07 Å². The monoisotopic (exact) mass is 357 g/mol. The maximum Gasteiger partial charge on any atom is 0.219 e. The highest BCUT2D eigenvalue weighted by atomic mass is 16.5. The first-order chi connectivity index (χ1) is 12.5. The van der Waals surface area contributed by atoms with Crippen LogP contribution in [0.25, 0.3) is 0 Å². The van der Waals surface area contributed by atoms with Crippen LogP contribution in [0.4, 0.5) is 0 Å². The van der Waals surface area contributed by atoms with E-state index in [1.54, 1.807) is 6.92 Å². The summed E-state index contributed by atoms with van der Waals surface area (Å²) in [5, 5.41) is 11.3. The number of hydrogen-bond donors (Lipinski definition) is 1. The maximum absolute atomic E-state index is 11.1. The summed E-state index contributed by atoms with van der Waals surface area (Å²) in [5.41, 5.74) is 2.48. The third-order valence-electron chi connectivity index (χ3n) is 4.98. The van der Waals surface area contributed by atoms with E-state index in [4.69, 9.17) is 9.15 Å². The van der Waals surface area contributed by atoms with E-state index < -0.39 is 0 Å². The molecule has 0 saturated heterocycles. The Kier molecular flexibility index (Phi) is 5.91. The zero-order valence-corrected chi connectivity index (χ0v) is 15.7. The minimum atomic E-state index is 0.0412. The summed E-state index contributed by atoms with van der Waals surface area (Å²) in [7, 11) is 0. The summed E-state index contributed by atoms with van der Waals surface area (Å²) in [4.78, 5) is 11.1. The van der Waals surface area contributed by atoms with E-state index in [0.717, 1.165) is 31.4 Å². The first-order valence-corrected chi connectivity index (χ1v) is 9.28. The summed E-state index contributed by atoms with van der Waals surface area (Å²) in [6, 6.07) is 6.37. The Morgan fingerprint density at radius 1 is 1.23 bits per heavy atom. The molecule has 0 spiro atoms. The fourth-order valence-corrected chi connectivity index (χ4v) is 3.46. The molecule has 0 bridgehead atoms. The third kappa shape index (κ3) is 5.07. The van der Waals surface area contributed by atoms with Crippen LogP contribution in [-0.2, 0) is 17.6 Å². The minimum Gasteiger partial charge on any atom is -0.493 e. The van der Waals surface area contributed by atoms with Crippen molar-refractivity contribution in [1.82, 2.24) is 15.5 Å². The van der Waals surface area contributed by atoms with Crippen molar-refractivity contribution >= 4 is 5.91 Å². The molecule has 1 amide bonds. The Morgan fingerprint density at radius 2 is 2.04 bits per heavy atom.